The molecule has 0 spiro atoms. The summed E-state index contributed by atoms with van der Waals surface area (Å²) in [5.41, 5.74) is 5.17. The predicted octanol–water partition coefficient (Wildman–Crippen LogP) is 6.34. The van der Waals surface area contributed by atoms with Crippen molar-refractivity contribution in [3.8, 4) is 6.07 Å². The van der Waals surface area contributed by atoms with Crippen molar-refractivity contribution < 1.29 is 0 Å². The molecule has 1 nitrogen and oxygen atoms in total. The maximum Gasteiger partial charge on any atom is 0.0991 e. The van der Waals surface area contributed by atoms with Gasteiger partial charge in [-0.2, -0.15) is 5.26 Å². The van der Waals surface area contributed by atoms with Crippen LogP contribution in [-0.2, 0) is 6.42 Å². The van der Waals surface area contributed by atoms with Crippen LogP contribution in [0.3, 0.4) is 0 Å². The summed E-state index contributed by atoms with van der Waals surface area (Å²) in [7, 11) is 0. The van der Waals surface area contributed by atoms with E-state index in [-0.39, 0.29) is 0 Å². The molecule has 3 rings (SSSR count). The molecule has 1 heteroatoms. The van der Waals surface area contributed by atoms with Gasteiger partial charge in [0.05, 0.1) is 11.6 Å². The minimum absolute atomic E-state index is 0.665. The van der Waals surface area contributed by atoms with Crippen molar-refractivity contribution >= 4 is 0 Å². The largest absolute Gasteiger partial charge is 0.192 e. The van der Waals surface area contributed by atoms with Crippen molar-refractivity contribution in [1.82, 2.24) is 0 Å². The molecule has 0 atom stereocenters. The highest BCUT2D eigenvalue weighted by Crippen LogP contribution is 2.40. The molecule has 1 aliphatic carbocycles. The Kier molecular flexibility index (Phi) is 5.70. The van der Waals surface area contributed by atoms with Crippen molar-refractivity contribution in [2.24, 2.45) is 0 Å². The third-order valence-corrected chi connectivity index (χ3v) is 5.51. The van der Waals surface area contributed by atoms with Crippen LogP contribution < -0.4 is 0 Å². The van der Waals surface area contributed by atoms with Gasteiger partial charge >= 0.3 is 0 Å². The van der Waals surface area contributed by atoms with E-state index < -0.39 is 0 Å². The Labute approximate surface area is 146 Å². The maximum atomic E-state index is 8.92. The number of benzene rings is 2. The molecule has 0 amide bonds. The molecule has 0 radical (unpaired) electrons. The Bertz CT molecular complexity index is 667. The fourth-order valence-electron chi connectivity index (χ4n) is 3.93. The zero-order valence-corrected chi connectivity index (χ0v) is 14.7. The van der Waals surface area contributed by atoms with Crippen molar-refractivity contribution in [3.05, 3.63) is 70.8 Å². The Morgan fingerprint density at radius 2 is 1.33 bits per heavy atom. The first-order chi connectivity index (χ1) is 11.8. The summed E-state index contributed by atoms with van der Waals surface area (Å²) in [4.78, 5) is 0. The third-order valence-electron chi connectivity index (χ3n) is 5.51. The third kappa shape index (κ3) is 4.06. The standard InChI is InChI=1S/C23H27N/c1-2-3-4-18-5-9-20(10-6-18)22-13-15-23(16-14-22)21-11-7-19(17-24)8-12-21/h5-12,22-23H,2-4,13-16H2,1H3. The number of aryl methyl sites for hydroxylation is 1. The minimum atomic E-state index is 0.665. The molecule has 0 saturated heterocycles. The average Bonchev–Trinajstić information content (AvgIpc) is 2.67. The SMILES string of the molecule is CCCCc1ccc(C2CCC(c3ccc(C#N)cc3)CC2)cc1. The number of hydrogen-bond donors (Lipinski definition) is 0. The van der Waals surface area contributed by atoms with Gasteiger partial charge in [-0.3, -0.25) is 0 Å². The molecule has 0 heterocycles. The average molecular weight is 317 g/mol. The molecule has 0 bridgehead atoms. The van der Waals surface area contributed by atoms with E-state index in [0.29, 0.717) is 5.92 Å². The van der Waals surface area contributed by atoms with Crippen LogP contribution in [0.5, 0.6) is 0 Å². The molecule has 1 saturated carbocycles. The lowest BCUT2D eigenvalue weighted by atomic mass is 9.76. The van der Waals surface area contributed by atoms with Gasteiger partial charge in [0.25, 0.3) is 0 Å². The number of unbranched alkanes of at least 4 members (excludes halogenated alkanes) is 1. The Balaban J connectivity index is 1.57. The van der Waals surface area contributed by atoms with Crippen molar-refractivity contribution in [2.75, 3.05) is 0 Å². The lowest BCUT2D eigenvalue weighted by Gasteiger charge is -2.29. The van der Waals surface area contributed by atoms with Crippen molar-refractivity contribution in [1.29, 1.82) is 5.26 Å². The fraction of sp³-hybridized carbons (Fsp3) is 0.435. The van der Waals surface area contributed by atoms with Gasteiger partial charge in [-0.15, -0.1) is 0 Å². The minimum Gasteiger partial charge on any atom is -0.192 e. The molecule has 2 aromatic carbocycles. The van der Waals surface area contributed by atoms with E-state index in [1.54, 1.807) is 0 Å². The highest BCUT2D eigenvalue weighted by atomic mass is 14.3. The Hall–Kier alpha value is -2.07. The molecular weight excluding hydrogens is 290 g/mol. The van der Waals surface area contributed by atoms with E-state index in [0.717, 1.165) is 11.5 Å². The molecule has 2 aromatic rings. The van der Waals surface area contributed by atoms with Crippen molar-refractivity contribution in [2.45, 2.75) is 63.7 Å². The summed E-state index contributed by atoms with van der Waals surface area (Å²) in [5, 5.41) is 8.92. The van der Waals surface area contributed by atoms with Gasteiger partial charge in [0.2, 0.25) is 0 Å². The van der Waals surface area contributed by atoms with Gasteiger partial charge in [-0.05, 0) is 79.2 Å². The second-order valence-electron chi connectivity index (χ2n) is 7.13. The highest BCUT2D eigenvalue weighted by molar-refractivity contribution is 5.33. The number of nitrogens with zero attached hydrogens (tertiary/aromatic N) is 1. The van der Waals surface area contributed by atoms with Crippen LogP contribution in [0.1, 0.15) is 79.5 Å². The summed E-state index contributed by atoms with van der Waals surface area (Å²) in [6.45, 7) is 2.25. The molecule has 1 fully saturated rings. The first-order valence-corrected chi connectivity index (χ1v) is 9.39. The molecule has 0 aliphatic heterocycles. The van der Waals surface area contributed by atoms with E-state index >= 15 is 0 Å². The van der Waals surface area contributed by atoms with Gasteiger partial charge in [0, 0.05) is 0 Å². The first-order valence-electron chi connectivity index (χ1n) is 9.39. The summed E-state index contributed by atoms with van der Waals surface area (Å²) >= 11 is 0. The molecule has 124 valence electrons. The zero-order chi connectivity index (χ0) is 16.8. The van der Waals surface area contributed by atoms with Gasteiger partial charge in [0.1, 0.15) is 0 Å². The van der Waals surface area contributed by atoms with Crippen LogP contribution in [-0.4, -0.2) is 0 Å². The molecule has 0 aromatic heterocycles. The van der Waals surface area contributed by atoms with Crippen LogP contribution in [0, 0.1) is 11.3 Å². The monoisotopic (exact) mass is 317 g/mol. The van der Waals surface area contributed by atoms with Gasteiger partial charge < -0.3 is 0 Å². The molecule has 1 aliphatic rings. The van der Waals surface area contributed by atoms with Crippen LogP contribution in [0.25, 0.3) is 0 Å². The summed E-state index contributed by atoms with van der Waals surface area (Å²) in [5.74, 6) is 1.39. The van der Waals surface area contributed by atoms with Crippen LogP contribution in [0.2, 0.25) is 0 Å². The fourth-order valence-corrected chi connectivity index (χ4v) is 3.93. The van der Waals surface area contributed by atoms with Crippen LogP contribution in [0.15, 0.2) is 48.5 Å². The predicted molar refractivity (Wildman–Crippen MR) is 100 cm³/mol. The molecule has 0 N–H and O–H groups in total. The van der Waals surface area contributed by atoms with Crippen LogP contribution in [0.4, 0.5) is 0 Å². The summed E-state index contributed by atoms with van der Waals surface area (Å²) in [6, 6.07) is 19.8. The smallest absolute Gasteiger partial charge is 0.0991 e. The molecular formula is C23H27N. The van der Waals surface area contributed by atoms with Gasteiger partial charge in [0.15, 0.2) is 0 Å². The van der Waals surface area contributed by atoms with E-state index in [4.69, 9.17) is 5.26 Å². The van der Waals surface area contributed by atoms with Crippen molar-refractivity contribution in [3.63, 3.8) is 0 Å². The highest BCUT2D eigenvalue weighted by Gasteiger charge is 2.23. The Morgan fingerprint density at radius 3 is 1.79 bits per heavy atom. The number of nitriles is 1. The van der Waals surface area contributed by atoms with Crippen LogP contribution >= 0.6 is 0 Å². The normalized spacial score (nSPS) is 20.5. The van der Waals surface area contributed by atoms with E-state index in [1.165, 1.54) is 61.6 Å². The van der Waals surface area contributed by atoms with Gasteiger partial charge in [-0.1, -0.05) is 49.7 Å². The van der Waals surface area contributed by atoms with E-state index in [1.807, 2.05) is 12.1 Å². The number of rotatable bonds is 5. The second-order valence-corrected chi connectivity index (χ2v) is 7.13. The van der Waals surface area contributed by atoms with E-state index in [2.05, 4.69) is 49.4 Å². The zero-order valence-electron chi connectivity index (χ0n) is 14.7. The lowest BCUT2D eigenvalue weighted by molar-refractivity contribution is 0.396. The topological polar surface area (TPSA) is 23.8 Å². The number of hydrogen-bond acceptors (Lipinski definition) is 1. The Morgan fingerprint density at radius 1 is 0.833 bits per heavy atom. The second kappa shape index (κ2) is 8.15. The maximum absolute atomic E-state index is 8.92. The lowest BCUT2D eigenvalue weighted by Crippen LogP contribution is -2.12. The van der Waals surface area contributed by atoms with Gasteiger partial charge in [-0.25, -0.2) is 0 Å². The quantitative estimate of drug-likeness (QED) is 0.631. The molecule has 24 heavy (non-hydrogen) atoms. The molecule has 0 unspecified atom stereocenters. The summed E-state index contributed by atoms with van der Waals surface area (Å²) < 4.78 is 0. The first kappa shape index (κ1) is 16.8. The van der Waals surface area contributed by atoms with E-state index in [9.17, 15) is 0 Å². The summed E-state index contributed by atoms with van der Waals surface area (Å²) in [6.07, 6.45) is 8.83.